The fraction of sp³-hybridized carbons (Fsp3) is 0.231. The Bertz CT molecular complexity index is 1540. The van der Waals surface area contributed by atoms with Gasteiger partial charge in [0.2, 0.25) is 5.91 Å². The molecule has 1 amide bonds. The zero-order valence-corrected chi connectivity index (χ0v) is 23.1. The highest BCUT2D eigenvalue weighted by atomic mass is 35.5. The molecule has 11 nitrogen and oxygen atoms in total. The van der Waals surface area contributed by atoms with Gasteiger partial charge in [-0.15, -0.1) is 0 Å². The van der Waals surface area contributed by atoms with Gasteiger partial charge in [0, 0.05) is 22.3 Å². The lowest BCUT2D eigenvalue weighted by Gasteiger charge is -2.26. The van der Waals surface area contributed by atoms with Gasteiger partial charge in [-0.05, 0) is 68.8 Å². The van der Waals surface area contributed by atoms with Crippen LogP contribution in [0, 0.1) is 24.0 Å². The molecule has 0 spiro atoms. The molecule has 3 rings (SSSR count). The first-order valence-corrected chi connectivity index (χ1v) is 13.4. The molecular formula is C26H26ClN3O8S. The first-order valence-electron chi connectivity index (χ1n) is 11.6. The molecule has 0 unspecified atom stereocenters. The van der Waals surface area contributed by atoms with Crippen LogP contribution in [0.15, 0.2) is 59.5 Å². The number of nitrogens with zero attached hydrogens (tertiary/aromatic N) is 2. The number of hydrogen-bond acceptors (Lipinski definition) is 8. The van der Waals surface area contributed by atoms with E-state index in [-0.39, 0.29) is 28.6 Å². The van der Waals surface area contributed by atoms with Crippen molar-refractivity contribution in [2.75, 3.05) is 29.9 Å². The SMILES string of the molecule is CCOC(=O)c1ccc(NC(=O)CN(c2cc(Cl)ccc2OC)S(=O)(=O)c2ccc(C)c([N+](=O)[O-])c2)c(C)c1. The van der Waals surface area contributed by atoms with Gasteiger partial charge in [-0.1, -0.05) is 17.7 Å². The van der Waals surface area contributed by atoms with Gasteiger partial charge < -0.3 is 14.8 Å². The van der Waals surface area contributed by atoms with Crippen LogP contribution in [-0.4, -0.2) is 45.5 Å². The molecule has 0 aliphatic rings. The molecule has 0 saturated carbocycles. The average Bonchev–Trinajstić information content (AvgIpc) is 2.88. The van der Waals surface area contributed by atoms with E-state index in [1.165, 1.54) is 62.6 Å². The number of rotatable bonds is 10. The molecular weight excluding hydrogens is 550 g/mol. The molecule has 206 valence electrons. The molecule has 0 heterocycles. The number of hydrogen-bond donors (Lipinski definition) is 1. The number of aryl methyl sites for hydroxylation is 2. The number of anilines is 2. The van der Waals surface area contributed by atoms with Crippen molar-refractivity contribution in [2.45, 2.75) is 25.7 Å². The van der Waals surface area contributed by atoms with E-state index in [2.05, 4.69) is 5.32 Å². The molecule has 0 aliphatic carbocycles. The third-order valence-corrected chi connectivity index (χ3v) is 7.66. The smallest absolute Gasteiger partial charge is 0.338 e. The van der Waals surface area contributed by atoms with Crippen molar-refractivity contribution in [3.63, 3.8) is 0 Å². The summed E-state index contributed by atoms with van der Waals surface area (Å²) in [6.07, 6.45) is 0. The van der Waals surface area contributed by atoms with E-state index in [4.69, 9.17) is 21.1 Å². The maximum Gasteiger partial charge on any atom is 0.338 e. The van der Waals surface area contributed by atoms with Gasteiger partial charge in [-0.2, -0.15) is 0 Å². The molecule has 3 aromatic carbocycles. The quantitative estimate of drug-likeness (QED) is 0.204. The molecule has 0 fully saturated rings. The molecule has 0 bridgehead atoms. The number of amides is 1. The lowest BCUT2D eigenvalue weighted by atomic mass is 10.1. The summed E-state index contributed by atoms with van der Waals surface area (Å²) in [6.45, 7) is 4.31. The first-order chi connectivity index (χ1) is 18.4. The summed E-state index contributed by atoms with van der Waals surface area (Å²) >= 11 is 6.15. The highest BCUT2D eigenvalue weighted by Crippen LogP contribution is 2.36. The lowest BCUT2D eigenvalue weighted by Crippen LogP contribution is -2.38. The maximum absolute atomic E-state index is 13.8. The summed E-state index contributed by atoms with van der Waals surface area (Å²) in [5.41, 5.74) is 1.01. The van der Waals surface area contributed by atoms with Crippen LogP contribution < -0.4 is 14.4 Å². The highest BCUT2D eigenvalue weighted by Gasteiger charge is 2.31. The Morgan fingerprint density at radius 3 is 2.38 bits per heavy atom. The third-order valence-electron chi connectivity index (χ3n) is 5.67. The van der Waals surface area contributed by atoms with E-state index >= 15 is 0 Å². The van der Waals surface area contributed by atoms with E-state index in [1.807, 2.05) is 0 Å². The van der Waals surface area contributed by atoms with E-state index in [1.54, 1.807) is 13.8 Å². The Labute approximate surface area is 230 Å². The number of methoxy groups -OCH3 is 1. The maximum atomic E-state index is 13.8. The van der Waals surface area contributed by atoms with E-state index in [9.17, 15) is 28.1 Å². The van der Waals surface area contributed by atoms with Crippen LogP contribution in [0.25, 0.3) is 0 Å². The van der Waals surface area contributed by atoms with Gasteiger partial charge in [0.05, 0.1) is 34.8 Å². The van der Waals surface area contributed by atoms with Crippen LogP contribution in [0.1, 0.15) is 28.4 Å². The van der Waals surface area contributed by atoms with E-state index < -0.39 is 44.0 Å². The van der Waals surface area contributed by atoms with Gasteiger partial charge in [0.1, 0.15) is 12.3 Å². The summed E-state index contributed by atoms with van der Waals surface area (Å²) in [5.74, 6) is -1.14. The largest absolute Gasteiger partial charge is 0.495 e. The number of nitrogens with one attached hydrogen (secondary N) is 1. The fourth-order valence-corrected chi connectivity index (χ4v) is 5.31. The predicted molar refractivity (Wildman–Crippen MR) is 146 cm³/mol. The van der Waals surface area contributed by atoms with Gasteiger partial charge >= 0.3 is 5.97 Å². The van der Waals surface area contributed by atoms with Crippen LogP contribution in [0.5, 0.6) is 5.75 Å². The standard InChI is InChI=1S/C26H26ClN3O8S/c1-5-38-26(32)18-7-10-21(17(3)12-18)28-25(31)15-29(23-13-19(27)8-11-24(23)37-4)39(35,36)20-9-6-16(2)22(14-20)30(33)34/h6-14H,5,15H2,1-4H3,(H,28,31). The van der Waals surface area contributed by atoms with Crippen molar-refractivity contribution in [1.82, 2.24) is 0 Å². The number of carbonyl (C=O) groups is 2. The van der Waals surface area contributed by atoms with Crippen LogP contribution in [0.3, 0.4) is 0 Å². The minimum Gasteiger partial charge on any atom is -0.495 e. The second kappa shape index (κ2) is 12.1. The number of benzene rings is 3. The van der Waals surface area contributed by atoms with Crippen molar-refractivity contribution in [3.05, 3.63) is 86.4 Å². The molecule has 0 aromatic heterocycles. The number of halogens is 1. The number of ether oxygens (including phenoxy) is 2. The zero-order valence-electron chi connectivity index (χ0n) is 21.6. The molecule has 0 aliphatic heterocycles. The van der Waals surface area contributed by atoms with Gasteiger partial charge in [-0.3, -0.25) is 19.2 Å². The Kier molecular flexibility index (Phi) is 9.15. The Morgan fingerprint density at radius 2 is 1.77 bits per heavy atom. The summed E-state index contributed by atoms with van der Waals surface area (Å²) in [6, 6.07) is 12.2. The Hall–Kier alpha value is -4.16. The van der Waals surface area contributed by atoms with E-state index in [0.717, 1.165) is 10.4 Å². The van der Waals surface area contributed by atoms with Crippen LogP contribution in [-0.2, 0) is 19.6 Å². The summed E-state index contributed by atoms with van der Waals surface area (Å²) in [5, 5.41) is 14.3. The highest BCUT2D eigenvalue weighted by molar-refractivity contribution is 7.92. The number of esters is 1. The normalized spacial score (nSPS) is 11.0. The molecule has 0 atom stereocenters. The zero-order chi connectivity index (χ0) is 28.9. The number of sulfonamides is 1. The molecule has 0 radical (unpaired) electrons. The summed E-state index contributed by atoms with van der Waals surface area (Å²) < 4.78 is 38.7. The third kappa shape index (κ3) is 6.65. The predicted octanol–water partition coefficient (Wildman–Crippen LogP) is 4.88. The van der Waals surface area contributed by atoms with Gasteiger partial charge in [-0.25, -0.2) is 13.2 Å². The fourth-order valence-electron chi connectivity index (χ4n) is 3.70. The Morgan fingerprint density at radius 1 is 1.05 bits per heavy atom. The molecule has 39 heavy (non-hydrogen) atoms. The molecule has 0 saturated heterocycles. The van der Waals surface area contributed by atoms with Gasteiger partial charge in [0.15, 0.2) is 0 Å². The van der Waals surface area contributed by atoms with Crippen LogP contribution in [0.2, 0.25) is 5.02 Å². The average molecular weight is 576 g/mol. The van der Waals surface area contributed by atoms with E-state index in [0.29, 0.717) is 16.8 Å². The second-order valence-corrected chi connectivity index (χ2v) is 10.6. The second-order valence-electron chi connectivity index (χ2n) is 8.33. The van der Waals surface area contributed by atoms with Crippen molar-refractivity contribution in [3.8, 4) is 5.75 Å². The summed E-state index contributed by atoms with van der Waals surface area (Å²) in [7, 11) is -3.21. The van der Waals surface area contributed by atoms with Crippen LogP contribution in [0.4, 0.5) is 17.1 Å². The monoisotopic (exact) mass is 575 g/mol. The van der Waals surface area contributed by atoms with Crippen molar-refractivity contribution in [2.24, 2.45) is 0 Å². The number of nitro benzene ring substituents is 1. The minimum atomic E-state index is -4.53. The van der Waals surface area contributed by atoms with Crippen molar-refractivity contribution < 1.29 is 32.4 Å². The lowest BCUT2D eigenvalue weighted by molar-refractivity contribution is -0.385. The number of carbonyl (C=O) groups excluding carboxylic acids is 2. The molecule has 1 N–H and O–H groups in total. The minimum absolute atomic E-state index is 0.0437. The molecule has 3 aromatic rings. The molecule has 13 heteroatoms. The number of nitro groups is 1. The van der Waals surface area contributed by atoms with Gasteiger partial charge in [0.25, 0.3) is 15.7 Å². The summed E-state index contributed by atoms with van der Waals surface area (Å²) in [4.78, 5) is 35.6. The van der Waals surface area contributed by atoms with Crippen molar-refractivity contribution >= 4 is 50.6 Å². The Balaban J connectivity index is 2.03. The van der Waals surface area contributed by atoms with Crippen LogP contribution >= 0.6 is 11.6 Å². The van der Waals surface area contributed by atoms with Crippen molar-refractivity contribution in [1.29, 1.82) is 0 Å². The first kappa shape index (κ1) is 29.4. The topological polar surface area (TPSA) is 145 Å².